The molecule has 0 N–H and O–H groups in total. The minimum Gasteiger partial charge on any atom is -0.103 e. The highest BCUT2D eigenvalue weighted by Crippen LogP contribution is 2.10. The number of rotatable bonds is 4. The van der Waals surface area contributed by atoms with E-state index in [-0.39, 0.29) is 0 Å². The molecule has 0 aliphatic heterocycles. The molecule has 0 aromatic rings. The van der Waals surface area contributed by atoms with Gasteiger partial charge in [-0.25, -0.2) is 0 Å². The van der Waals surface area contributed by atoms with Crippen molar-refractivity contribution in [3.8, 4) is 0 Å². The maximum atomic E-state index is 3.84. The molecule has 0 atom stereocenters. The first-order valence-electron chi connectivity index (χ1n) is 3.13. The van der Waals surface area contributed by atoms with Crippen molar-refractivity contribution in [2.75, 3.05) is 0 Å². The van der Waals surface area contributed by atoms with E-state index in [9.17, 15) is 0 Å². The second-order valence-corrected chi connectivity index (χ2v) is 2.21. The molecule has 0 fully saturated rings. The summed E-state index contributed by atoms with van der Waals surface area (Å²) in [5.74, 6) is 0. The standard InChI is InChI=1S/C9H14/c1-5-6-7-9(4)8(2)3/h5H,1-2,4,6-7H2,3H3. The van der Waals surface area contributed by atoms with Crippen molar-refractivity contribution in [3.05, 3.63) is 37.0 Å². The van der Waals surface area contributed by atoms with Crippen LogP contribution in [0.15, 0.2) is 37.0 Å². The molecule has 0 spiro atoms. The SMILES string of the molecule is C=CCCC(=C)C(=C)C. The molecule has 0 radical (unpaired) electrons. The average Bonchev–Trinajstić information content (AvgIpc) is 1.82. The minimum atomic E-state index is 0.999. The molecular weight excluding hydrogens is 108 g/mol. The van der Waals surface area contributed by atoms with Gasteiger partial charge in [-0.2, -0.15) is 0 Å². The molecule has 0 rings (SSSR count). The van der Waals surface area contributed by atoms with Gasteiger partial charge in [-0.1, -0.05) is 30.4 Å². The van der Waals surface area contributed by atoms with E-state index in [4.69, 9.17) is 0 Å². The summed E-state index contributed by atoms with van der Waals surface area (Å²) in [4.78, 5) is 0. The van der Waals surface area contributed by atoms with Crippen LogP contribution >= 0.6 is 0 Å². The van der Waals surface area contributed by atoms with Crippen LogP contribution in [0, 0.1) is 0 Å². The summed E-state index contributed by atoms with van der Waals surface area (Å²) in [6, 6.07) is 0. The maximum Gasteiger partial charge on any atom is -0.0248 e. The van der Waals surface area contributed by atoms with E-state index in [2.05, 4.69) is 19.7 Å². The molecule has 0 bridgehead atoms. The predicted octanol–water partition coefficient (Wildman–Crippen LogP) is 3.08. The topological polar surface area (TPSA) is 0 Å². The quantitative estimate of drug-likeness (QED) is 0.397. The highest BCUT2D eigenvalue weighted by atomic mass is 14.0. The summed E-state index contributed by atoms with van der Waals surface area (Å²) in [5, 5.41) is 0. The van der Waals surface area contributed by atoms with Crippen molar-refractivity contribution in [2.24, 2.45) is 0 Å². The molecule has 0 heteroatoms. The van der Waals surface area contributed by atoms with Crippen LogP contribution in [0.3, 0.4) is 0 Å². The van der Waals surface area contributed by atoms with Gasteiger partial charge in [0.15, 0.2) is 0 Å². The van der Waals surface area contributed by atoms with Crippen LogP contribution in [0.1, 0.15) is 19.8 Å². The summed E-state index contributed by atoms with van der Waals surface area (Å²) in [5.41, 5.74) is 2.21. The molecule has 0 aromatic carbocycles. The molecule has 0 aliphatic carbocycles. The van der Waals surface area contributed by atoms with E-state index in [1.807, 2.05) is 13.0 Å². The number of allylic oxidation sites excluding steroid dienone is 3. The van der Waals surface area contributed by atoms with Crippen LogP contribution in [-0.4, -0.2) is 0 Å². The van der Waals surface area contributed by atoms with Gasteiger partial charge in [0.1, 0.15) is 0 Å². The molecule has 0 nitrogen and oxygen atoms in total. The lowest BCUT2D eigenvalue weighted by Gasteiger charge is -1.99. The Kier molecular flexibility index (Phi) is 3.78. The fourth-order valence-corrected chi connectivity index (χ4v) is 0.490. The molecule has 0 unspecified atom stereocenters. The summed E-state index contributed by atoms with van der Waals surface area (Å²) < 4.78 is 0. The highest BCUT2D eigenvalue weighted by Gasteiger charge is 1.90. The van der Waals surface area contributed by atoms with Gasteiger partial charge in [0, 0.05) is 0 Å². The van der Waals surface area contributed by atoms with Crippen LogP contribution in [0.2, 0.25) is 0 Å². The Balaban J connectivity index is 3.51. The molecule has 50 valence electrons. The first-order valence-corrected chi connectivity index (χ1v) is 3.13. The first-order chi connectivity index (χ1) is 4.18. The molecular formula is C9H14. The van der Waals surface area contributed by atoms with Gasteiger partial charge in [0.05, 0.1) is 0 Å². The second-order valence-electron chi connectivity index (χ2n) is 2.21. The van der Waals surface area contributed by atoms with E-state index in [1.165, 1.54) is 0 Å². The van der Waals surface area contributed by atoms with Crippen LogP contribution in [-0.2, 0) is 0 Å². The molecule has 0 saturated carbocycles. The molecule has 0 amide bonds. The Morgan fingerprint density at radius 1 is 1.44 bits per heavy atom. The van der Waals surface area contributed by atoms with Crippen LogP contribution in [0.25, 0.3) is 0 Å². The average molecular weight is 122 g/mol. The third-order valence-corrected chi connectivity index (χ3v) is 1.25. The largest absolute Gasteiger partial charge is 0.103 e. The van der Waals surface area contributed by atoms with Crippen molar-refractivity contribution < 1.29 is 0 Å². The monoisotopic (exact) mass is 122 g/mol. The minimum absolute atomic E-state index is 0.999. The predicted molar refractivity (Wildman–Crippen MR) is 43.4 cm³/mol. The third-order valence-electron chi connectivity index (χ3n) is 1.25. The lowest BCUT2D eigenvalue weighted by Crippen LogP contribution is -1.79. The van der Waals surface area contributed by atoms with E-state index in [0.29, 0.717) is 0 Å². The van der Waals surface area contributed by atoms with Crippen molar-refractivity contribution >= 4 is 0 Å². The van der Waals surface area contributed by atoms with E-state index < -0.39 is 0 Å². The van der Waals surface area contributed by atoms with Gasteiger partial charge in [0.2, 0.25) is 0 Å². The zero-order chi connectivity index (χ0) is 7.28. The zero-order valence-corrected chi connectivity index (χ0v) is 6.11. The third kappa shape index (κ3) is 3.77. The van der Waals surface area contributed by atoms with Gasteiger partial charge in [-0.05, 0) is 19.8 Å². The summed E-state index contributed by atoms with van der Waals surface area (Å²) in [6.07, 6.45) is 3.90. The van der Waals surface area contributed by atoms with Crippen molar-refractivity contribution in [2.45, 2.75) is 19.8 Å². The second kappa shape index (κ2) is 4.13. The molecule has 0 aromatic heterocycles. The summed E-state index contributed by atoms with van der Waals surface area (Å²) >= 11 is 0. The molecule has 0 aliphatic rings. The summed E-state index contributed by atoms with van der Waals surface area (Å²) in [7, 11) is 0. The summed E-state index contributed by atoms with van der Waals surface area (Å²) in [6.45, 7) is 13.2. The zero-order valence-electron chi connectivity index (χ0n) is 6.11. The lowest BCUT2D eigenvalue weighted by atomic mass is 10.1. The fraction of sp³-hybridized carbons (Fsp3) is 0.333. The molecule has 9 heavy (non-hydrogen) atoms. The Labute approximate surface area is 57.6 Å². The molecule has 0 saturated heterocycles. The van der Waals surface area contributed by atoms with Crippen molar-refractivity contribution in [3.63, 3.8) is 0 Å². The van der Waals surface area contributed by atoms with Gasteiger partial charge < -0.3 is 0 Å². The number of hydrogen-bond acceptors (Lipinski definition) is 0. The lowest BCUT2D eigenvalue weighted by molar-refractivity contribution is 0.994. The Morgan fingerprint density at radius 3 is 2.33 bits per heavy atom. The molecule has 0 heterocycles. The maximum absolute atomic E-state index is 3.84. The van der Waals surface area contributed by atoms with E-state index in [1.54, 1.807) is 0 Å². The first kappa shape index (κ1) is 8.22. The Hall–Kier alpha value is -0.780. The number of hydrogen-bond donors (Lipinski definition) is 0. The normalized spacial score (nSPS) is 8.56. The Bertz CT molecular complexity index is 129. The van der Waals surface area contributed by atoms with Gasteiger partial charge in [0.25, 0.3) is 0 Å². The van der Waals surface area contributed by atoms with Crippen LogP contribution in [0.4, 0.5) is 0 Å². The van der Waals surface area contributed by atoms with Crippen molar-refractivity contribution in [1.29, 1.82) is 0 Å². The van der Waals surface area contributed by atoms with Crippen molar-refractivity contribution in [1.82, 2.24) is 0 Å². The van der Waals surface area contributed by atoms with E-state index in [0.717, 1.165) is 24.0 Å². The van der Waals surface area contributed by atoms with Crippen LogP contribution < -0.4 is 0 Å². The smallest absolute Gasteiger partial charge is 0.0248 e. The fourth-order valence-electron chi connectivity index (χ4n) is 0.490. The van der Waals surface area contributed by atoms with Crippen LogP contribution in [0.5, 0.6) is 0 Å². The highest BCUT2D eigenvalue weighted by molar-refractivity contribution is 5.22. The van der Waals surface area contributed by atoms with Gasteiger partial charge in [-0.15, -0.1) is 6.58 Å². The Morgan fingerprint density at radius 2 is 2.00 bits per heavy atom. The van der Waals surface area contributed by atoms with E-state index >= 15 is 0 Å². The van der Waals surface area contributed by atoms with Gasteiger partial charge >= 0.3 is 0 Å². The van der Waals surface area contributed by atoms with Gasteiger partial charge in [-0.3, -0.25) is 0 Å².